The smallest absolute Gasteiger partial charge is 0.267 e. The number of fused-ring (bicyclic) bond motifs is 1. The highest BCUT2D eigenvalue weighted by Crippen LogP contribution is 2.33. The number of anilines is 2. The number of amides is 1. The second-order valence-electron chi connectivity index (χ2n) is 6.51. The molecule has 25 heavy (non-hydrogen) atoms. The third-order valence-corrected chi connectivity index (χ3v) is 5.52. The van der Waals surface area contributed by atoms with E-state index in [1.165, 1.54) is 11.3 Å². The van der Waals surface area contributed by atoms with Crippen molar-refractivity contribution in [3.05, 3.63) is 50.9 Å². The Morgan fingerprint density at radius 1 is 1.32 bits per heavy atom. The molecular weight excluding hydrogens is 398 g/mol. The van der Waals surface area contributed by atoms with Crippen LogP contribution in [-0.4, -0.2) is 10.9 Å². The van der Waals surface area contributed by atoms with E-state index >= 15 is 0 Å². The summed E-state index contributed by atoms with van der Waals surface area (Å²) in [4.78, 5) is 18.7. The summed E-state index contributed by atoms with van der Waals surface area (Å²) in [6.45, 7) is 6.27. The van der Waals surface area contributed by atoms with Gasteiger partial charge in [0.15, 0.2) is 0 Å². The molecule has 0 radical (unpaired) electrons. The first-order chi connectivity index (χ1) is 11.8. The fourth-order valence-electron chi connectivity index (χ4n) is 2.68. The van der Waals surface area contributed by atoms with Crippen LogP contribution >= 0.6 is 27.3 Å². The number of pyridine rings is 1. The Morgan fingerprint density at radius 3 is 2.76 bits per heavy atom. The minimum Gasteiger partial charge on any atom is -0.397 e. The van der Waals surface area contributed by atoms with E-state index in [0.717, 1.165) is 38.1 Å². The van der Waals surface area contributed by atoms with Crippen molar-refractivity contribution in [2.24, 2.45) is 5.92 Å². The van der Waals surface area contributed by atoms with Gasteiger partial charge < -0.3 is 11.1 Å². The molecule has 2 aromatic heterocycles. The van der Waals surface area contributed by atoms with Gasteiger partial charge in [0, 0.05) is 21.2 Å². The van der Waals surface area contributed by atoms with E-state index in [1.807, 2.05) is 37.3 Å². The molecule has 0 aliphatic carbocycles. The van der Waals surface area contributed by atoms with Crippen molar-refractivity contribution in [1.29, 1.82) is 0 Å². The van der Waals surface area contributed by atoms with Gasteiger partial charge in [-0.25, -0.2) is 4.98 Å². The Balaban J connectivity index is 1.92. The quantitative estimate of drug-likeness (QED) is 0.596. The third-order valence-electron chi connectivity index (χ3n) is 3.91. The second-order valence-corrected chi connectivity index (χ2v) is 8.43. The van der Waals surface area contributed by atoms with Crippen LogP contribution in [0.3, 0.4) is 0 Å². The third kappa shape index (κ3) is 3.85. The summed E-state index contributed by atoms with van der Waals surface area (Å²) in [6, 6.07) is 9.69. The minimum absolute atomic E-state index is 0.198. The number of benzene rings is 1. The van der Waals surface area contributed by atoms with Crippen LogP contribution in [0.15, 0.2) is 34.8 Å². The predicted octanol–water partition coefficient (Wildman–Crippen LogP) is 5.40. The van der Waals surface area contributed by atoms with Crippen LogP contribution < -0.4 is 11.1 Å². The molecule has 0 spiro atoms. The maximum absolute atomic E-state index is 12.7. The zero-order chi connectivity index (χ0) is 18.1. The van der Waals surface area contributed by atoms with Crippen molar-refractivity contribution in [2.75, 3.05) is 11.1 Å². The van der Waals surface area contributed by atoms with Crippen LogP contribution in [0.5, 0.6) is 0 Å². The highest BCUT2D eigenvalue weighted by molar-refractivity contribution is 9.10. The average molecular weight is 418 g/mol. The van der Waals surface area contributed by atoms with Gasteiger partial charge in [0.1, 0.15) is 9.71 Å². The van der Waals surface area contributed by atoms with E-state index < -0.39 is 0 Å². The fourth-order valence-corrected chi connectivity index (χ4v) is 4.17. The van der Waals surface area contributed by atoms with Crippen molar-refractivity contribution in [1.82, 2.24) is 4.98 Å². The number of carbonyl (C=O) groups is 1. The van der Waals surface area contributed by atoms with Gasteiger partial charge in [-0.15, -0.1) is 11.3 Å². The van der Waals surface area contributed by atoms with Crippen LogP contribution in [-0.2, 0) is 6.42 Å². The number of nitrogens with zero attached hydrogens (tertiary/aromatic N) is 1. The number of hydrogen-bond acceptors (Lipinski definition) is 4. The first-order valence-electron chi connectivity index (χ1n) is 8.10. The molecule has 1 amide bonds. The van der Waals surface area contributed by atoms with Crippen LogP contribution in [0, 0.1) is 12.8 Å². The number of aromatic nitrogens is 1. The lowest BCUT2D eigenvalue weighted by atomic mass is 10.1. The van der Waals surface area contributed by atoms with E-state index in [9.17, 15) is 4.79 Å². The Labute approximate surface area is 159 Å². The summed E-state index contributed by atoms with van der Waals surface area (Å²) in [5.41, 5.74) is 9.49. The van der Waals surface area contributed by atoms with E-state index in [2.05, 4.69) is 40.1 Å². The zero-order valence-corrected chi connectivity index (χ0v) is 16.8. The molecule has 130 valence electrons. The zero-order valence-electron chi connectivity index (χ0n) is 14.4. The SMILES string of the molecule is Cc1cc(Br)ccc1NC(=O)c1sc2nc(CC(C)C)ccc2c1N. The summed E-state index contributed by atoms with van der Waals surface area (Å²) < 4.78 is 0.978. The van der Waals surface area contributed by atoms with Crippen LogP contribution in [0.4, 0.5) is 11.4 Å². The molecule has 0 aliphatic heterocycles. The summed E-state index contributed by atoms with van der Waals surface area (Å²) >= 11 is 4.77. The lowest BCUT2D eigenvalue weighted by Gasteiger charge is -2.08. The maximum Gasteiger partial charge on any atom is 0.267 e. The van der Waals surface area contributed by atoms with E-state index in [0.29, 0.717) is 16.5 Å². The monoisotopic (exact) mass is 417 g/mol. The summed E-state index contributed by atoms with van der Waals surface area (Å²) in [7, 11) is 0. The number of nitrogen functional groups attached to an aromatic ring is 1. The number of nitrogens with two attached hydrogens (primary N) is 1. The van der Waals surface area contributed by atoms with Crippen LogP contribution in [0.2, 0.25) is 0 Å². The highest BCUT2D eigenvalue weighted by Gasteiger charge is 2.18. The van der Waals surface area contributed by atoms with Gasteiger partial charge in [-0.1, -0.05) is 29.8 Å². The Hall–Kier alpha value is -1.92. The second kappa shape index (κ2) is 7.14. The number of carbonyl (C=O) groups excluding carboxylic acids is 1. The molecule has 2 heterocycles. The molecule has 0 aliphatic rings. The molecule has 4 nitrogen and oxygen atoms in total. The van der Waals surface area contributed by atoms with Gasteiger partial charge in [0.2, 0.25) is 0 Å². The first-order valence-corrected chi connectivity index (χ1v) is 9.71. The van der Waals surface area contributed by atoms with Gasteiger partial charge >= 0.3 is 0 Å². The number of nitrogens with one attached hydrogen (secondary N) is 1. The lowest BCUT2D eigenvalue weighted by Crippen LogP contribution is -2.12. The molecular formula is C19H20BrN3OS. The van der Waals surface area contributed by atoms with Crippen molar-refractivity contribution < 1.29 is 4.79 Å². The largest absolute Gasteiger partial charge is 0.397 e. The van der Waals surface area contributed by atoms with Gasteiger partial charge in [-0.2, -0.15) is 0 Å². The molecule has 0 saturated heterocycles. The normalized spacial score (nSPS) is 11.2. The number of halogens is 1. The molecule has 0 bridgehead atoms. The van der Waals surface area contributed by atoms with Crippen LogP contribution in [0.1, 0.15) is 34.8 Å². The molecule has 0 unspecified atom stereocenters. The molecule has 1 aromatic carbocycles. The lowest BCUT2D eigenvalue weighted by molar-refractivity contribution is 0.103. The number of aryl methyl sites for hydroxylation is 1. The van der Waals surface area contributed by atoms with Gasteiger partial charge in [0.25, 0.3) is 5.91 Å². The fraction of sp³-hybridized carbons (Fsp3) is 0.263. The number of rotatable bonds is 4. The van der Waals surface area contributed by atoms with Crippen molar-refractivity contribution in [2.45, 2.75) is 27.2 Å². The van der Waals surface area contributed by atoms with Crippen LogP contribution in [0.25, 0.3) is 10.2 Å². The van der Waals surface area contributed by atoms with Crippen molar-refractivity contribution >= 4 is 54.8 Å². The Morgan fingerprint density at radius 2 is 2.08 bits per heavy atom. The Bertz CT molecular complexity index is 949. The minimum atomic E-state index is -0.198. The predicted molar refractivity (Wildman–Crippen MR) is 109 cm³/mol. The standard InChI is InChI=1S/C19H20BrN3OS/c1-10(2)8-13-5-6-14-16(21)17(25-19(14)22-13)18(24)23-15-7-4-12(20)9-11(15)3/h4-7,9-10H,8,21H2,1-3H3,(H,23,24). The highest BCUT2D eigenvalue weighted by atomic mass is 79.9. The molecule has 6 heteroatoms. The molecule has 3 N–H and O–H groups in total. The molecule has 3 aromatic rings. The van der Waals surface area contributed by atoms with Gasteiger partial charge in [-0.05, 0) is 55.2 Å². The summed E-state index contributed by atoms with van der Waals surface area (Å²) in [6.07, 6.45) is 0.910. The van der Waals surface area contributed by atoms with E-state index in [4.69, 9.17) is 5.73 Å². The number of hydrogen-bond donors (Lipinski definition) is 2. The average Bonchev–Trinajstić information content (AvgIpc) is 2.86. The van der Waals surface area contributed by atoms with Gasteiger partial charge in [0.05, 0.1) is 5.69 Å². The van der Waals surface area contributed by atoms with Crippen molar-refractivity contribution in [3.8, 4) is 0 Å². The molecule has 0 saturated carbocycles. The van der Waals surface area contributed by atoms with Gasteiger partial charge in [-0.3, -0.25) is 4.79 Å². The molecule has 3 rings (SSSR count). The topological polar surface area (TPSA) is 68.0 Å². The Kier molecular flexibility index (Phi) is 5.11. The maximum atomic E-state index is 12.7. The molecule has 0 atom stereocenters. The first kappa shape index (κ1) is 17.9. The van der Waals surface area contributed by atoms with E-state index in [-0.39, 0.29) is 5.91 Å². The summed E-state index contributed by atoms with van der Waals surface area (Å²) in [5.74, 6) is 0.335. The summed E-state index contributed by atoms with van der Waals surface area (Å²) in [5, 5.41) is 3.79. The van der Waals surface area contributed by atoms with Crippen molar-refractivity contribution in [3.63, 3.8) is 0 Å². The van der Waals surface area contributed by atoms with E-state index in [1.54, 1.807) is 0 Å². The number of thiophene rings is 1. The molecule has 0 fully saturated rings.